The first-order valence-electron chi connectivity index (χ1n) is 6.49. The number of hydrogen-bond acceptors (Lipinski definition) is 5. The molecular weight excluding hydrogens is 324 g/mol. The van der Waals surface area contributed by atoms with Gasteiger partial charge in [-0.05, 0) is 12.1 Å². The first kappa shape index (κ1) is 16.6. The molecule has 0 unspecified atom stereocenters. The molecule has 3 N–H and O–H groups in total. The lowest BCUT2D eigenvalue weighted by molar-refractivity contribution is -0.118. The number of anilines is 1. The van der Waals surface area contributed by atoms with Crippen molar-refractivity contribution >= 4 is 29.1 Å². The fourth-order valence-electron chi connectivity index (χ4n) is 1.88. The van der Waals surface area contributed by atoms with Gasteiger partial charge in [-0.15, -0.1) is 0 Å². The van der Waals surface area contributed by atoms with E-state index in [0.29, 0.717) is 17.2 Å². The Bertz CT molecular complexity index is 744. The minimum absolute atomic E-state index is 0.0298. The number of hydrogen-bond donors (Lipinski definition) is 2. The number of amides is 2. The third kappa shape index (κ3) is 3.92. The van der Waals surface area contributed by atoms with E-state index < -0.39 is 11.8 Å². The molecule has 9 heteroatoms. The van der Waals surface area contributed by atoms with Gasteiger partial charge in [-0.1, -0.05) is 11.6 Å². The molecule has 1 aromatic carbocycles. The van der Waals surface area contributed by atoms with Gasteiger partial charge in [0.2, 0.25) is 5.91 Å². The van der Waals surface area contributed by atoms with Crippen LogP contribution in [-0.2, 0) is 11.3 Å². The minimum Gasteiger partial charge on any atom is -0.497 e. The van der Waals surface area contributed by atoms with Gasteiger partial charge in [0, 0.05) is 12.3 Å². The summed E-state index contributed by atoms with van der Waals surface area (Å²) in [5.74, 6) is -0.145. The Kier molecular flexibility index (Phi) is 5.07. The van der Waals surface area contributed by atoms with Gasteiger partial charge in [0.25, 0.3) is 5.91 Å². The van der Waals surface area contributed by atoms with Crippen LogP contribution in [0.3, 0.4) is 0 Å². The summed E-state index contributed by atoms with van der Waals surface area (Å²) in [4.78, 5) is 23.2. The zero-order valence-electron chi connectivity index (χ0n) is 12.5. The van der Waals surface area contributed by atoms with Crippen LogP contribution in [0, 0.1) is 0 Å². The first-order chi connectivity index (χ1) is 10.9. The van der Waals surface area contributed by atoms with Crippen LogP contribution < -0.4 is 20.5 Å². The van der Waals surface area contributed by atoms with Gasteiger partial charge in [-0.2, -0.15) is 5.10 Å². The van der Waals surface area contributed by atoms with Crippen molar-refractivity contribution in [2.24, 2.45) is 5.73 Å². The lowest BCUT2D eigenvalue weighted by atomic mass is 10.2. The van der Waals surface area contributed by atoms with Crippen molar-refractivity contribution < 1.29 is 19.1 Å². The molecule has 122 valence electrons. The van der Waals surface area contributed by atoms with Gasteiger partial charge in [-0.25, -0.2) is 0 Å². The summed E-state index contributed by atoms with van der Waals surface area (Å²) in [6.45, 7) is -0.171. The first-order valence-corrected chi connectivity index (χ1v) is 6.87. The quantitative estimate of drug-likeness (QED) is 0.825. The number of primary amides is 1. The average Bonchev–Trinajstić information content (AvgIpc) is 2.86. The van der Waals surface area contributed by atoms with Crippen molar-refractivity contribution in [3.05, 3.63) is 35.1 Å². The second-order valence-electron chi connectivity index (χ2n) is 4.51. The van der Waals surface area contributed by atoms with Crippen molar-refractivity contribution in [3.8, 4) is 11.5 Å². The second kappa shape index (κ2) is 7.01. The van der Waals surface area contributed by atoms with E-state index in [0.717, 1.165) is 0 Å². The van der Waals surface area contributed by atoms with E-state index in [2.05, 4.69) is 10.4 Å². The van der Waals surface area contributed by atoms with Crippen molar-refractivity contribution in [2.75, 3.05) is 19.5 Å². The number of aromatic nitrogens is 2. The molecule has 1 heterocycles. The van der Waals surface area contributed by atoms with Gasteiger partial charge in [-0.3, -0.25) is 14.3 Å². The predicted octanol–water partition coefficient (Wildman–Crippen LogP) is 1.29. The number of nitrogens with one attached hydrogen (secondary N) is 1. The number of nitrogens with two attached hydrogens (primary N) is 1. The molecule has 2 aromatic rings. The normalized spacial score (nSPS) is 10.2. The molecule has 0 aliphatic rings. The smallest absolute Gasteiger partial charge is 0.277 e. The number of rotatable bonds is 6. The topological polar surface area (TPSA) is 108 Å². The SMILES string of the molecule is COc1ccc(OC)c(NC(=O)c2nn(CC(N)=O)cc2Cl)c1. The molecule has 0 spiro atoms. The zero-order valence-corrected chi connectivity index (χ0v) is 13.3. The third-order valence-electron chi connectivity index (χ3n) is 2.90. The molecule has 0 bridgehead atoms. The average molecular weight is 339 g/mol. The number of halogens is 1. The number of carbonyl (C=O) groups is 2. The standard InChI is InChI=1S/C14H15ClN4O4/c1-22-8-3-4-11(23-2)10(5-8)17-14(21)13-9(15)6-19(18-13)7-12(16)20/h3-6H,7H2,1-2H3,(H2,16,20)(H,17,21). The van der Waals surface area contributed by atoms with Crippen LogP contribution in [-0.4, -0.2) is 35.8 Å². The van der Waals surface area contributed by atoms with Gasteiger partial charge >= 0.3 is 0 Å². The third-order valence-corrected chi connectivity index (χ3v) is 3.18. The highest BCUT2D eigenvalue weighted by Gasteiger charge is 2.18. The Morgan fingerprint density at radius 3 is 2.70 bits per heavy atom. The van der Waals surface area contributed by atoms with Crippen LogP contribution in [0.4, 0.5) is 5.69 Å². The monoisotopic (exact) mass is 338 g/mol. The number of benzene rings is 1. The summed E-state index contributed by atoms with van der Waals surface area (Å²) in [5.41, 5.74) is 5.45. The molecule has 0 fully saturated rings. The van der Waals surface area contributed by atoms with E-state index >= 15 is 0 Å². The maximum Gasteiger partial charge on any atom is 0.277 e. The van der Waals surface area contributed by atoms with Crippen LogP contribution in [0.5, 0.6) is 11.5 Å². The van der Waals surface area contributed by atoms with Crippen LogP contribution in [0.1, 0.15) is 10.5 Å². The van der Waals surface area contributed by atoms with Crippen LogP contribution in [0.2, 0.25) is 5.02 Å². The summed E-state index contributed by atoms with van der Waals surface area (Å²) in [7, 11) is 2.99. The van der Waals surface area contributed by atoms with Crippen molar-refractivity contribution in [2.45, 2.75) is 6.54 Å². The van der Waals surface area contributed by atoms with E-state index in [1.807, 2.05) is 0 Å². The minimum atomic E-state index is -0.592. The van der Waals surface area contributed by atoms with Crippen LogP contribution in [0.15, 0.2) is 24.4 Å². The number of nitrogens with zero attached hydrogens (tertiary/aromatic N) is 2. The number of ether oxygens (including phenoxy) is 2. The number of methoxy groups -OCH3 is 2. The predicted molar refractivity (Wildman–Crippen MR) is 83.9 cm³/mol. The molecule has 0 aliphatic heterocycles. The Hall–Kier alpha value is -2.74. The number of carbonyl (C=O) groups excluding carboxylic acids is 2. The van der Waals surface area contributed by atoms with Gasteiger partial charge in [0.05, 0.1) is 24.9 Å². The largest absolute Gasteiger partial charge is 0.497 e. The van der Waals surface area contributed by atoms with E-state index in [1.54, 1.807) is 18.2 Å². The Morgan fingerprint density at radius 1 is 1.35 bits per heavy atom. The highest BCUT2D eigenvalue weighted by atomic mass is 35.5. The molecule has 0 saturated carbocycles. The molecule has 0 radical (unpaired) electrons. The highest BCUT2D eigenvalue weighted by molar-refractivity contribution is 6.34. The fraction of sp³-hybridized carbons (Fsp3) is 0.214. The molecule has 2 amide bonds. The Balaban J connectivity index is 2.25. The molecule has 0 saturated heterocycles. The molecule has 8 nitrogen and oxygen atoms in total. The summed E-state index contributed by atoms with van der Waals surface area (Å²) in [5, 5.41) is 6.69. The Labute approximate surface area is 137 Å². The molecule has 0 atom stereocenters. The second-order valence-corrected chi connectivity index (χ2v) is 4.92. The van der Waals surface area contributed by atoms with Crippen molar-refractivity contribution in [1.82, 2.24) is 9.78 Å². The highest BCUT2D eigenvalue weighted by Crippen LogP contribution is 2.29. The maximum absolute atomic E-state index is 12.3. The van der Waals surface area contributed by atoms with Gasteiger partial charge in [0.1, 0.15) is 18.0 Å². The molecule has 0 aliphatic carbocycles. The summed E-state index contributed by atoms with van der Waals surface area (Å²) in [6.07, 6.45) is 1.35. The fourth-order valence-corrected chi connectivity index (χ4v) is 2.12. The lowest BCUT2D eigenvalue weighted by Crippen LogP contribution is -2.20. The molecular formula is C14H15ClN4O4. The van der Waals surface area contributed by atoms with Crippen LogP contribution >= 0.6 is 11.6 Å². The van der Waals surface area contributed by atoms with E-state index in [9.17, 15) is 9.59 Å². The lowest BCUT2D eigenvalue weighted by Gasteiger charge is -2.11. The van der Waals surface area contributed by atoms with E-state index in [4.69, 9.17) is 26.8 Å². The summed E-state index contributed by atoms with van der Waals surface area (Å²) >= 11 is 5.97. The summed E-state index contributed by atoms with van der Waals surface area (Å²) < 4.78 is 11.5. The van der Waals surface area contributed by atoms with E-state index in [1.165, 1.54) is 25.1 Å². The van der Waals surface area contributed by atoms with Gasteiger partial charge < -0.3 is 20.5 Å². The summed E-state index contributed by atoms with van der Waals surface area (Å²) in [6, 6.07) is 4.95. The van der Waals surface area contributed by atoms with Crippen molar-refractivity contribution in [1.29, 1.82) is 0 Å². The van der Waals surface area contributed by atoms with Crippen LogP contribution in [0.25, 0.3) is 0 Å². The zero-order chi connectivity index (χ0) is 17.0. The Morgan fingerprint density at radius 2 is 2.09 bits per heavy atom. The van der Waals surface area contributed by atoms with E-state index in [-0.39, 0.29) is 17.3 Å². The molecule has 2 rings (SSSR count). The molecule has 23 heavy (non-hydrogen) atoms. The van der Waals surface area contributed by atoms with Crippen molar-refractivity contribution in [3.63, 3.8) is 0 Å². The van der Waals surface area contributed by atoms with Gasteiger partial charge in [0.15, 0.2) is 5.69 Å². The molecule has 1 aromatic heterocycles. The maximum atomic E-state index is 12.3.